The van der Waals surface area contributed by atoms with E-state index in [-0.39, 0.29) is 6.04 Å². The molecule has 1 aliphatic rings. The van der Waals surface area contributed by atoms with Gasteiger partial charge in [0.25, 0.3) is 0 Å². The summed E-state index contributed by atoms with van der Waals surface area (Å²) < 4.78 is 10.7. The summed E-state index contributed by atoms with van der Waals surface area (Å²) in [5, 5.41) is 7.09. The Morgan fingerprint density at radius 2 is 2.16 bits per heavy atom. The Morgan fingerprint density at radius 1 is 1.32 bits per heavy atom. The fourth-order valence-corrected chi connectivity index (χ4v) is 2.61. The van der Waals surface area contributed by atoms with Gasteiger partial charge in [-0.05, 0) is 32.4 Å². The molecule has 19 heavy (non-hydrogen) atoms. The van der Waals surface area contributed by atoms with Crippen LogP contribution < -0.4 is 20.1 Å². The van der Waals surface area contributed by atoms with E-state index in [2.05, 4.69) is 23.6 Å². The van der Waals surface area contributed by atoms with E-state index >= 15 is 0 Å². The van der Waals surface area contributed by atoms with Gasteiger partial charge in [-0.15, -0.1) is 0 Å². The van der Waals surface area contributed by atoms with E-state index in [1.54, 1.807) is 14.2 Å². The van der Waals surface area contributed by atoms with Gasteiger partial charge >= 0.3 is 0 Å². The highest BCUT2D eigenvalue weighted by molar-refractivity contribution is 5.42. The minimum atomic E-state index is 0.269. The lowest BCUT2D eigenvalue weighted by molar-refractivity contribution is 0.350. The van der Waals surface area contributed by atoms with Gasteiger partial charge in [-0.2, -0.15) is 0 Å². The molecule has 1 aliphatic heterocycles. The molecule has 106 valence electrons. The Balaban J connectivity index is 2.06. The van der Waals surface area contributed by atoms with Crippen LogP contribution in [-0.4, -0.2) is 33.4 Å². The summed E-state index contributed by atoms with van der Waals surface area (Å²) in [6.07, 6.45) is 2.47. The van der Waals surface area contributed by atoms with Gasteiger partial charge in [0.2, 0.25) is 0 Å². The number of hydrogen-bond donors (Lipinski definition) is 2. The van der Waals surface area contributed by atoms with Crippen LogP contribution in [0.5, 0.6) is 11.5 Å². The fraction of sp³-hybridized carbons (Fsp3) is 0.600. The summed E-state index contributed by atoms with van der Waals surface area (Å²) in [5.41, 5.74) is 1.17. The van der Waals surface area contributed by atoms with Crippen LogP contribution in [0.25, 0.3) is 0 Å². The molecular formula is C15H24N2O2. The summed E-state index contributed by atoms with van der Waals surface area (Å²) in [4.78, 5) is 0. The van der Waals surface area contributed by atoms with E-state index in [4.69, 9.17) is 9.47 Å². The molecule has 1 saturated heterocycles. The number of benzene rings is 1. The van der Waals surface area contributed by atoms with E-state index in [0.717, 1.165) is 24.6 Å². The first-order valence-corrected chi connectivity index (χ1v) is 6.93. The summed E-state index contributed by atoms with van der Waals surface area (Å²) in [7, 11) is 3.37. The maximum Gasteiger partial charge on any atom is 0.127 e. The lowest BCUT2D eigenvalue weighted by Gasteiger charge is -2.28. The van der Waals surface area contributed by atoms with Crippen LogP contribution in [0.2, 0.25) is 0 Å². The Morgan fingerprint density at radius 3 is 2.79 bits per heavy atom. The standard InChI is InChI=1S/C15H24N2O2/c1-11(17-12-5-4-8-16-10-12)14-7-6-13(18-2)9-15(14)19-3/h6-7,9,11-12,16-17H,4-5,8,10H2,1-3H3. The maximum absolute atomic E-state index is 5.46. The highest BCUT2D eigenvalue weighted by Gasteiger charge is 2.18. The van der Waals surface area contributed by atoms with Gasteiger partial charge in [-0.3, -0.25) is 0 Å². The molecule has 1 heterocycles. The molecule has 0 aliphatic carbocycles. The average Bonchev–Trinajstić information content (AvgIpc) is 2.47. The minimum Gasteiger partial charge on any atom is -0.497 e. The quantitative estimate of drug-likeness (QED) is 0.855. The first-order chi connectivity index (χ1) is 9.24. The van der Waals surface area contributed by atoms with Gasteiger partial charge in [0.15, 0.2) is 0 Å². The Bertz CT molecular complexity index is 403. The number of nitrogens with one attached hydrogen (secondary N) is 2. The molecule has 2 atom stereocenters. The van der Waals surface area contributed by atoms with Crippen LogP contribution in [-0.2, 0) is 0 Å². The predicted octanol–water partition coefficient (Wildman–Crippen LogP) is 2.11. The number of rotatable bonds is 5. The van der Waals surface area contributed by atoms with Gasteiger partial charge in [0.1, 0.15) is 11.5 Å². The molecule has 2 N–H and O–H groups in total. The van der Waals surface area contributed by atoms with E-state index in [9.17, 15) is 0 Å². The second-order valence-electron chi connectivity index (χ2n) is 5.04. The topological polar surface area (TPSA) is 42.5 Å². The molecule has 2 unspecified atom stereocenters. The third kappa shape index (κ3) is 3.61. The van der Waals surface area contributed by atoms with Gasteiger partial charge in [0.05, 0.1) is 14.2 Å². The largest absolute Gasteiger partial charge is 0.497 e. The second kappa shape index (κ2) is 6.78. The average molecular weight is 264 g/mol. The molecule has 4 heteroatoms. The SMILES string of the molecule is COc1ccc(C(C)NC2CCCNC2)c(OC)c1. The zero-order chi connectivity index (χ0) is 13.7. The van der Waals surface area contributed by atoms with Crippen molar-refractivity contribution in [1.29, 1.82) is 0 Å². The molecule has 0 radical (unpaired) electrons. The molecule has 0 aromatic heterocycles. The van der Waals surface area contributed by atoms with Crippen LogP contribution in [0.15, 0.2) is 18.2 Å². The van der Waals surface area contributed by atoms with Crippen molar-refractivity contribution in [3.8, 4) is 11.5 Å². The van der Waals surface area contributed by atoms with Gasteiger partial charge in [0, 0.05) is 30.3 Å². The molecule has 1 aromatic carbocycles. The Hall–Kier alpha value is -1.26. The summed E-state index contributed by atoms with van der Waals surface area (Å²) in [6, 6.07) is 6.80. The van der Waals surface area contributed by atoms with Crippen LogP contribution in [0, 0.1) is 0 Å². The fourth-order valence-electron chi connectivity index (χ4n) is 2.61. The number of piperidine rings is 1. The maximum atomic E-state index is 5.46. The minimum absolute atomic E-state index is 0.269. The number of hydrogen-bond acceptors (Lipinski definition) is 4. The van der Waals surface area contributed by atoms with Crippen LogP contribution in [0.1, 0.15) is 31.4 Å². The molecule has 1 fully saturated rings. The predicted molar refractivity (Wildman–Crippen MR) is 77.0 cm³/mol. The van der Waals surface area contributed by atoms with Crippen LogP contribution in [0.3, 0.4) is 0 Å². The first-order valence-electron chi connectivity index (χ1n) is 6.93. The molecule has 4 nitrogen and oxygen atoms in total. The molecule has 2 rings (SSSR count). The van der Waals surface area contributed by atoms with Gasteiger partial charge in [-0.25, -0.2) is 0 Å². The zero-order valence-electron chi connectivity index (χ0n) is 12.0. The van der Waals surface area contributed by atoms with Crippen molar-refractivity contribution >= 4 is 0 Å². The molecule has 0 spiro atoms. The molecule has 1 aromatic rings. The van der Waals surface area contributed by atoms with E-state index in [1.807, 2.05) is 12.1 Å². The van der Waals surface area contributed by atoms with Crippen molar-refractivity contribution in [2.24, 2.45) is 0 Å². The summed E-state index contributed by atoms with van der Waals surface area (Å²) in [5.74, 6) is 1.70. The van der Waals surface area contributed by atoms with E-state index in [0.29, 0.717) is 6.04 Å². The monoisotopic (exact) mass is 264 g/mol. The van der Waals surface area contributed by atoms with Gasteiger partial charge in [-0.1, -0.05) is 6.07 Å². The molecule has 0 bridgehead atoms. The lowest BCUT2D eigenvalue weighted by atomic mass is 10.0. The second-order valence-corrected chi connectivity index (χ2v) is 5.04. The first kappa shape index (κ1) is 14.2. The van der Waals surface area contributed by atoms with Crippen LogP contribution >= 0.6 is 0 Å². The number of methoxy groups -OCH3 is 2. The smallest absolute Gasteiger partial charge is 0.127 e. The summed E-state index contributed by atoms with van der Waals surface area (Å²) in [6.45, 7) is 4.36. The van der Waals surface area contributed by atoms with Crippen molar-refractivity contribution in [2.45, 2.75) is 31.8 Å². The van der Waals surface area contributed by atoms with Crippen molar-refractivity contribution in [3.05, 3.63) is 23.8 Å². The number of ether oxygens (including phenoxy) is 2. The van der Waals surface area contributed by atoms with E-state index < -0.39 is 0 Å². The van der Waals surface area contributed by atoms with E-state index in [1.165, 1.54) is 18.4 Å². The highest BCUT2D eigenvalue weighted by atomic mass is 16.5. The molecule has 0 saturated carbocycles. The lowest BCUT2D eigenvalue weighted by Crippen LogP contribution is -2.44. The van der Waals surface area contributed by atoms with Crippen molar-refractivity contribution in [1.82, 2.24) is 10.6 Å². The van der Waals surface area contributed by atoms with Crippen LogP contribution in [0.4, 0.5) is 0 Å². The normalized spacial score (nSPS) is 20.9. The third-order valence-corrected chi connectivity index (χ3v) is 3.69. The molecule has 0 amide bonds. The third-order valence-electron chi connectivity index (χ3n) is 3.69. The van der Waals surface area contributed by atoms with Crippen molar-refractivity contribution < 1.29 is 9.47 Å². The van der Waals surface area contributed by atoms with Crippen molar-refractivity contribution in [3.63, 3.8) is 0 Å². The van der Waals surface area contributed by atoms with Crippen molar-refractivity contribution in [2.75, 3.05) is 27.3 Å². The van der Waals surface area contributed by atoms with Gasteiger partial charge < -0.3 is 20.1 Å². The highest BCUT2D eigenvalue weighted by Crippen LogP contribution is 2.29. The Labute approximate surface area is 115 Å². The zero-order valence-corrected chi connectivity index (χ0v) is 12.0. The Kier molecular flexibility index (Phi) is 5.05. The summed E-state index contributed by atoms with van der Waals surface area (Å²) >= 11 is 0. The molecular weight excluding hydrogens is 240 g/mol.